The molecule has 0 atom stereocenters. The van der Waals surface area contributed by atoms with Crippen molar-refractivity contribution in [3.05, 3.63) is 50.1 Å². The van der Waals surface area contributed by atoms with Crippen LogP contribution in [0, 0.1) is 0 Å². The third-order valence-corrected chi connectivity index (χ3v) is 6.31. The van der Waals surface area contributed by atoms with Gasteiger partial charge in [0.1, 0.15) is 16.2 Å². The molecule has 0 amide bonds. The smallest absolute Gasteiger partial charge is 0.332 e. The minimum absolute atomic E-state index is 0.301. The Morgan fingerprint density at radius 2 is 1.90 bits per heavy atom. The van der Waals surface area contributed by atoms with Crippen LogP contribution in [0.4, 0.5) is 0 Å². The molecule has 0 saturated carbocycles. The van der Waals surface area contributed by atoms with Gasteiger partial charge in [-0.1, -0.05) is 43.8 Å². The molecule has 0 bridgehead atoms. The average Bonchev–Trinajstić information content (AvgIpc) is 3.39. The third kappa shape index (κ3) is 3.58. The van der Waals surface area contributed by atoms with Gasteiger partial charge in [-0.15, -0.1) is 11.3 Å². The summed E-state index contributed by atoms with van der Waals surface area (Å²) in [5.74, 6) is 1.83. The highest BCUT2D eigenvalue weighted by Gasteiger charge is 2.24. The number of fused-ring (bicyclic) bond motifs is 1. The molecule has 4 heterocycles. The van der Waals surface area contributed by atoms with Gasteiger partial charge in [-0.05, 0) is 11.4 Å². The second kappa shape index (κ2) is 7.47. The van der Waals surface area contributed by atoms with E-state index in [9.17, 15) is 9.59 Å². The topological polar surface area (TPSA) is 109 Å². The lowest BCUT2D eigenvalue weighted by molar-refractivity contribution is 0.392. The SMILES string of the molecule is Cn1c(=O)c2c(SCc3nc(-c4cccs4)no3)nc(C(C)(C)C)nc2n(C)c1=O. The predicted octanol–water partition coefficient (Wildman–Crippen LogP) is 2.73. The van der Waals surface area contributed by atoms with Crippen molar-refractivity contribution in [2.75, 3.05) is 0 Å². The molecule has 0 saturated heterocycles. The van der Waals surface area contributed by atoms with Crippen LogP contribution in [0.15, 0.2) is 36.7 Å². The largest absolute Gasteiger partial charge is 0.338 e. The summed E-state index contributed by atoms with van der Waals surface area (Å²) in [6, 6.07) is 3.84. The third-order valence-electron chi connectivity index (χ3n) is 4.48. The van der Waals surface area contributed by atoms with Crippen LogP contribution in [-0.2, 0) is 25.3 Å². The van der Waals surface area contributed by atoms with Crippen molar-refractivity contribution in [3.8, 4) is 10.7 Å². The Bertz CT molecular complexity index is 1350. The summed E-state index contributed by atoms with van der Waals surface area (Å²) in [5, 5.41) is 6.74. The van der Waals surface area contributed by atoms with Gasteiger partial charge in [-0.25, -0.2) is 14.8 Å². The van der Waals surface area contributed by atoms with Gasteiger partial charge in [0.2, 0.25) is 11.7 Å². The second-order valence-electron chi connectivity index (χ2n) is 7.78. The lowest BCUT2D eigenvalue weighted by atomic mass is 9.96. The molecular weight excluding hydrogens is 424 g/mol. The summed E-state index contributed by atoms with van der Waals surface area (Å²) in [6.45, 7) is 5.94. The number of nitrogens with zero attached hydrogens (tertiary/aromatic N) is 6. The maximum atomic E-state index is 12.9. The summed E-state index contributed by atoms with van der Waals surface area (Å²) in [7, 11) is 3.05. The molecular formula is C19H20N6O3S2. The van der Waals surface area contributed by atoms with Gasteiger partial charge in [-0.3, -0.25) is 13.9 Å². The van der Waals surface area contributed by atoms with Crippen molar-refractivity contribution in [1.82, 2.24) is 29.2 Å². The quantitative estimate of drug-likeness (QED) is 0.349. The average molecular weight is 445 g/mol. The normalized spacial score (nSPS) is 12.0. The summed E-state index contributed by atoms with van der Waals surface area (Å²) in [6.07, 6.45) is 0. The van der Waals surface area contributed by atoms with Crippen molar-refractivity contribution in [3.63, 3.8) is 0 Å². The highest BCUT2D eigenvalue weighted by Crippen LogP contribution is 2.29. The fourth-order valence-corrected chi connectivity index (χ4v) is 4.32. The minimum Gasteiger partial charge on any atom is -0.338 e. The van der Waals surface area contributed by atoms with Crippen molar-refractivity contribution in [2.45, 2.75) is 37.0 Å². The van der Waals surface area contributed by atoms with E-state index < -0.39 is 11.2 Å². The number of thiophene rings is 1. The number of aromatic nitrogens is 6. The Hall–Kier alpha value is -2.79. The van der Waals surface area contributed by atoms with Crippen molar-refractivity contribution in [1.29, 1.82) is 0 Å². The molecule has 4 aromatic rings. The van der Waals surface area contributed by atoms with Crippen LogP contribution in [0.3, 0.4) is 0 Å². The molecule has 0 aromatic carbocycles. The fourth-order valence-electron chi connectivity index (χ4n) is 2.82. The first-order valence-electron chi connectivity index (χ1n) is 9.14. The maximum Gasteiger partial charge on any atom is 0.332 e. The van der Waals surface area contributed by atoms with Gasteiger partial charge in [0, 0.05) is 19.5 Å². The van der Waals surface area contributed by atoms with Gasteiger partial charge in [-0.2, -0.15) is 4.98 Å². The first-order valence-corrected chi connectivity index (χ1v) is 11.0. The predicted molar refractivity (Wildman–Crippen MR) is 116 cm³/mol. The molecule has 11 heteroatoms. The van der Waals surface area contributed by atoms with Crippen LogP contribution in [0.25, 0.3) is 21.7 Å². The first kappa shape index (κ1) is 20.5. The number of hydrogen-bond donors (Lipinski definition) is 0. The Balaban J connectivity index is 1.79. The van der Waals surface area contributed by atoms with E-state index in [4.69, 9.17) is 4.52 Å². The monoisotopic (exact) mass is 444 g/mol. The van der Waals surface area contributed by atoms with Gasteiger partial charge in [0.25, 0.3) is 5.56 Å². The van der Waals surface area contributed by atoms with Crippen molar-refractivity contribution >= 4 is 34.1 Å². The molecule has 4 rings (SSSR count). The van der Waals surface area contributed by atoms with E-state index in [0.29, 0.717) is 39.4 Å². The number of rotatable bonds is 4. The van der Waals surface area contributed by atoms with E-state index in [0.717, 1.165) is 9.44 Å². The van der Waals surface area contributed by atoms with Crippen LogP contribution in [-0.4, -0.2) is 29.2 Å². The molecule has 0 unspecified atom stereocenters. The van der Waals surface area contributed by atoms with Crippen LogP contribution in [0.1, 0.15) is 32.5 Å². The zero-order valence-corrected chi connectivity index (χ0v) is 18.8. The molecule has 0 fully saturated rings. The van der Waals surface area contributed by atoms with Crippen LogP contribution in [0.5, 0.6) is 0 Å². The fraction of sp³-hybridized carbons (Fsp3) is 0.368. The zero-order valence-electron chi connectivity index (χ0n) is 17.2. The highest BCUT2D eigenvalue weighted by atomic mass is 32.2. The van der Waals surface area contributed by atoms with E-state index in [1.54, 1.807) is 7.05 Å². The van der Waals surface area contributed by atoms with E-state index >= 15 is 0 Å². The number of hydrogen-bond acceptors (Lipinski definition) is 9. The van der Waals surface area contributed by atoms with Crippen LogP contribution in [0.2, 0.25) is 0 Å². The second-order valence-corrected chi connectivity index (χ2v) is 9.70. The summed E-state index contributed by atoms with van der Waals surface area (Å²) in [4.78, 5) is 39.8. The molecule has 0 N–H and O–H groups in total. The first-order chi connectivity index (χ1) is 14.2. The molecule has 9 nitrogen and oxygen atoms in total. The standard InChI is InChI=1S/C19H20N6O3S2/c1-19(2,3)17-21-14-12(16(26)25(5)18(27)24(14)4)15(22-17)30-9-11-20-13(23-28-11)10-7-6-8-29-10/h6-8H,9H2,1-5H3. The highest BCUT2D eigenvalue weighted by molar-refractivity contribution is 7.98. The van der Waals surface area contributed by atoms with E-state index in [2.05, 4.69) is 20.1 Å². The summed E-state index contributed by atoms with van der Waals surface area (Å²) < 4.78 is 7.80. The molecule has 30 heavy (non-hydrogen) atoms. The Kier molecular flexibility index (Phi) is 5.10. The lowest BCUT2D eigenvalue weighted by Gasteiger charge is -2.19. The molecule has 0 aliphatic carbocycles. The molecule has 0 aliphatic heterocycles. The Labute approximate surface area is 179 Å². The van der Waals surface area contributed by atoms with Gasteiger partial charge >= 0.3 is 5.69 Å². The molecule has 0 aliphatic rings. The van der Waals surface area contributed by atoms with Crippen molar-refractivity contribution < 1.29 is 4.52 Å². The van der Waals surface area contributed by atoms with Crippen LogP contribution < -0.4 is 11.2 Å². The Morgan fingerprint density at radius 3 is 2.57 bits per heavy atom. The molecule has 4 aromatic heterocycles. The van der Waals surface area contributed by atoms with Gasteiger partial charge in [0.15, 0.2) is 5.65 Å². The molecule has 156 valence electrons. The maximum absolute atomic E-state index is 12.9. The van der Waals surface area contributed by atoms with Gasteiger partial charge in [0.05, 0.1) is 10.6 Å². The minimum atomic E-state index is -0.431. The number of aryl methyl sites for hydroxylation is 1. The van der Waals surface area contributed by atoms with Gasteiger partial charge < -0.3 is 4.52 Å². The zero-order chi connectivity index (χ0) is 21.6. The number of thioether (sulfide) groups is 1. The molecule has 0 radical (unpaired) electrons. The van der Waals surface area contributed by atoms with E-state index in [1.807, 2.05) is 38.3 Å². The van der Waals surface area contributed by atoms with E-state index in [1.165, 1.54) is 34.7 Å². The van der Waals surface area contributed by atoms with E-state index in [-0.39, 0.29) is 5.41 Å². The summed E-state index contributed by atoms with van der Waals surface area (Å²) >= 11 is 2.84. The summed E-state index contributed by atoms with van der Waals surface area (Å²) in [5.41, 5.74) is -0.909. The van der Waals surface area contributed by atoms with Crippen molar-refractivity contribution in [2.24, 2.45) is 14.1 Å². The molecule has 0 spiro atoms. The Morgan fingerprint density at radius 1 is 1.13 bits per heavy atom. The van der Waals surface area contributed by atoms with Crippen LogP contribution >= 0.6 is 23.1 Å². The lowest BCUT2D eigenvalue weighted by Crippen LogP contribution is -2.38.